The molecule has 3 aromatic rings. The maximum atomic E-state index is 5.78. The molecule has 4 heterocycles. The molecular formula is C18H19N3O2S. The smallest absolute Gasteiger partial charge is 0.278 e. The van der Waals surface area contributed by atoms with E-state index >= 15 is 0 Å². The first-order chi connectivity index (χ1) is 11.8. The first-order valence-corrected chi connectivity index (χ1v) is 9.24. The average molecular weight is 341 g/mol. The molecular weight excluding hydrogens is 322 g/mol. The number of nitrogens with one attached hydrogen (secondary N) is 1. The van der Waals surface area contributed by atoms with Crippen LogP contribution in [0.2, 0.25) is 0 Å². The van der Waals surface area contributed by atoms with E-state index in [0.29, 0.717) is 5.19 Å². The molecule has 24 heavy (non-hydrogen) atoms. The Labute approximate surface area is 144 Å². The van der Waals surface area contributed by atoms with Crippen LogP contribution in [-0.4, -0.2) is 36.1 Å². The van der Waals surface area contributed by atoms with Gasteiger partial charge in [0.05, 0.1) is 6.26 Å². The summed E-state index contributed by atoms with van der Waals surface area (Å²) in [6, 6.07) is 6.03. The molecule has 2 aliphatic heterocycles. The second-order valence-electron chi connectivity index (χ2n) is 6.69. The highest BCUT2D eigenvalue weighted by Crippen LogP contribution is 2.32. The van der Waals surface area contributed by atoms with Gasteiger partial charge in [-0.05, 0) is 37.1 Å². The number of hydrogen-bond acceptors (Lipinski definition) is 6. The minimum Gasteiger partial charge on any atom is -0.464 e. The Hall–Kier alpha value is -1.89. The number of likely N-dealkylation sites (tertiary alicyclic amines) is 1. The van der Waals surface area contributed by atoms with Gasteiger partial charge in [-0.25, -0.2) is 4.98 Å². The predicted octanol–water partition coefficient (Wildman–Crippen LogP) is 3.33. The molecule has 1 aromatic carbocycles. The van der Waals surface area contributed by atoms with E-state index < -0.39 is 0 Å². The fourth-order valence-corrected chi connectivity index (χ4v) is 4.44. The number of aromatic nitrogens is 1. The van der Waals surface area contributed by atoms with E-state index in [2.05, 4.69) is 21.3 Å². The monoisotopic (exact) mass is 341 g/mol. The molecule has 2 fully saturated rings. The summed E-state index contributed by atoms with van der Waals surface area (Å²) < 4.78 is 11.5. The van der Waals surface area contributed by atoms with Crippen LogP contribution in [0.5, 0.6) is 10.9 Å². The zero-order chi connectivity index (χ0) is 15.9. The summed E-state index contributed by atoms with van der Waals surface area (Å²) in [6.07, 6.45) is 3.63. The number of rotatable bonds is 4. The van der Waals surface area contributed by atoms with Gasteiger partial charge >= 0.3 is 0 Å². The van der Waals surface area contributed by atoms with Crippen molar-refractivity contribution >= 4 is 22.3 Å². The number of furan rings is 1. The molecule has 2 atom stereocenters. The molecule has 0 saturated carbocycles. The van der Waals surface area contributed by atoms with Crippen molar-refractivity contribution in [3.63, 3.8) is 0 Å². The van der Waals surface area contributed by atoms with E-state index in [1.807, 2.05) is 23.8 Å². The Bertz CT molecular complexity index is 833. The Kier molecular flexibility index (Phi) is 3.54. The quantitative estimate of drug-likeness (QED) is 0.789. The van der Waals surface area contributed by atoms with Gasteiger partial charge in [-0.1, -0.05) is 11.3 Å². The summed E-state index contributed by atoms with van der Waals surface area (Å²) in [5.74, 6) is 2.41. The second kappa shape index (κ2) is 5.88. The van der Waals surface area contributed by atoms with Gasteiger partial charge in [0.2, 0.25) is 0 Å². The Morgan fingerprint density at radius 2 is 2.17 bits per heavy atom. The normalized spacial score (nSPS) is 23.8. The predicted molar refractivity (Wildman–Crippen MR) is 93.5 cm³/mol. The molecule has 0 bridgehead atoms. The molecule has 1 N–H and O–H groups in total. The van der Waals surface area contributed by atoms with Crippen LogP contribution >= 0.6 is 11.3 Å². The van der Waals surface area contributed by atoms with E-state index in [0.717, 1.165) is 29.7 Å². The van der Waals surface area contributed by atoms with Gasteiger partial charge in [-0.15, -0.1) is 0 Å². The van der Waals surface area contributed by atoms with Gasteiger partial charge in [-0.2, -0.15) is 0 Å². The third-order valence-electron chi connectivity index (χ3n) is 5.10. The van der Waals surface area contributed by atoms with Gasteiger partial charge in [0.1, 0.15) is 11.3 Å². The molecule has 0 amide bonds. The van der Waals surface area contributed by atoms with E-state index in [-0.39, 0.29) is 0 Å². The lowest BCUT2D eigenvalue weighted by atomic mass is 10.0. The summed E-state index contributed by atoms with van der Waals surface area (Å²) in [5, 5.41) is 7.23. The third-order valence-corrected chi connectivity index (χ3v) is 5.75. The second-order valence-corrected chi connectivity index (χ2v) is 7.55. The van der Waals surface area contributed by atoms with Crippen LogP contribution < -0.4 is 10.1 Å². The SMILES string of the molecule is c1csc(Oc2ccc3c(CN4CC5CNCC5C4)coc3c2)n1. The van der Waals surface area contributed by atoms with Crippen molar-refractivity contribution in [3.8, 4) is 10.9 Å². The standard InChI is InChI=1S/C18H19N3O2S/c1-2-16-14(10-21-8-12-6-19-7-13(12)9-21)11-22-17(16)5-15(1)23-18-20-3-4-24-18/h1-5,11-13,19H,6-10H2. The Balaban J connectivity index is 1.34. The number of hydrogen-bond donors (Lipinski definition) is 1. The largest absolute Gasteiger partial charge is 0.464 e. The van der Waals surface area contributed by atoms with Crippen LogP contribution in [-0.2, 0) is 6.54 Å². The summed E-state index contributed by atoms with van der Waals surface area (Å²) in [5.41, 5.74) is 2.14. The molecule has 0 aliphatic carbocycles. The van der Waals surface area contributed by atoms with Crippen LogP contribution in [0, 0.1) is 11.8 Å². The lowest BCUT2D eigenvalue weighted by molar-refractivity contribution is 0.305. The van der Waals surface area contributed by atoms with Gasteiger partial charge < -0.3 is 14.5 Å². The fourth-order valence-electron chi connectivity index (χ4n) is 3.93. The number of benzene rings is 1. The number of fused-ring (bicyclic) bond motifs is 2. The molecule has 6 heteroatoms. The Morgan fingerprint density at radius 3 is 2.96 bits per heavy atom. The van der Waals surface area contributed by atoms with Crippen molar-refractivity contribution in [2.45, 2.75) is 6.54 Å². The molecule has 5 nitrogen and oxygen atoms in total. The van der Waals surface area contributed by atoms with E-state index in [4.69, 9.17) is 9.15 Å². The van der Waals surface area contributed by atoms with Crippen molar-refractivity contribution in [3.05, 3.63) is 41.6 Å². The van der Waals surface area contributed by atoms with Crippen molar-refractivity contribution in [1.29, 1.82) is 0 Å². The third kappa shape index (κ3) is 2.60. The first-order valence-electron chi connectivity index (χ1n) is 8.36. The molecule has 2 aliphatic rings. The minimum absolute atomic E-state index is 0.651. The van der Waals surface area contributed by atoms with Crippen molar-refractivity contribution in [2.75, 3.05) is 26.2 Å². The highest BCUT2D eigenvalue weighted by Gasteiger charge is 2.36. The summed E-state index contributed by atoms with van der Waals surface area (Å²) in [4.78, 5) is 6.70. The zero-order valence-corrected chi connectivity index (χ0v) is 14.1. The van der Waals surface area contributed by atoms with Gasteiger partial charge in [0.15, 0.2) is 0 Å². The molecule has 2 saturated heterocycles. The van der Waals surface area contributed by atoms with Crippen LogP contribution in [0.3, 0.4) is 0 Å². The maximum Gasteiger partial charge on any atom is 0.278 e. The topological polar surface area (TPSA) is 50.5 Å². The molecule has 124 valence electrons. The van der Waals surface area contributed by atoms with E-state index in [9.17, 15) is 0 Å². The highest BCUT2D eigenvalue weighted by atomic mass is 32.1. The van der Waals surface area contributed by atoms with Gasteiger partial charge in [0, 0.05) is 48.2 Å². The lowest BCUT2D eigenvalue weighted by Crippen LogP contribution is -2.25. The average Bonchev–Trinajstić information content (AvgIpc) is 3.32. The summed E-state index contributed by atoms with van der Waals surface area (Å²) in [6.45, 7) is 5.69. The van der Waals surface area contributed by atoms with Crippen molar-refractivity contribution in [2.24, 2.45) is 11.8 Å². The first kappa shape index (κ1) is 14.5. The van der Waals surface area contributed by atoms with Gasteiger partial charge in [-0.3, -0.25) is 4.90 Å². The number of nitrogens with zero attached hydrogens (tertiary/aromatic N) is 2. The van der Waals surface area contributed by atoms with Crippen molar-refractivity contribution < 1.29 is 9.15 Å². The van der Waals surface area contributed by atoms with Crippen LogP contribution in [0.1, 0.15) is 5.56 Å². The Morgan fingerprint density at radius 1 is 1.29 bits per heavy atom. The molecule has 5 rings (SSSR count). The highest BCUT2D eigenvalue weighted by molar-refractivity contribution is 7.11. The number of thiazole rings is 1. The summed E-state index contributed by atoms with van der Waals surface area (Å²) >= 11 is 1.48. The molecule has 2 unspecified atom stereocenters. The maximum absolute atomic E-state index is 5.78. The van der Waals surface area contributed by atoms with E-state index in [1.165, 1.54) is 48.5 Å². The van der Waals surface area contributed by atoms with Crippen LogP contribution in [0.15, 0.2) is 40.5 Å². The van der Waals surface area contributed by atoms with Crippen molar-refractivity contribution in [1.82, 2.24) is 15.2 Å². The minimum atomic E-state index is 0.651. The lowest BCUT2D eigenvalue weighted by Gasteiger charge is -2.15. The molecule has 0 spiro atoms. The number of ether oxygens (including phenoxy) is 1. The fraction of sp³-hybridized carbons (Fsp3) is 0.389. The van der Waals surface area contributed by atoms with Crippen LogP contribution in [0.4, 0.5) is 0 Å². The molecule has 0 radical (unpaired) electrons. The van der Waals surface area contributed by atoms with Gasteiger partial charge in [0.25, 0.3) is 5.19 Å². The summed E-state index contributed by atoms with van der Waals surface area (Å²) in [7, 11) is 0. The van der Waals surface area contributed by atoms with E-state index in [1.54, 1.807) is 6.20 Å². The molecule has 2 aromatic heterocycles. The van der Waals surface area contributed by atoms with Crippen LogP contribution in [0.25, 0.3) is 11.0 Å². The zero-order valence-electron chi connectivity index (χ0n) is 13.3.